The maximum Gasteiger partial charge on any atom is 0.188 e. The fourth-order valence-corrected chi connectivity index (χ4v) is 1.21. The molecule has 12 heavy (non-hydrogen) atoms. The van der Waals surface area contributed by atoms with Crippen LogP contribution in [0.1, 0.15) is 5.69 Å². The number of carbonyl (C=O) groups is 1. The molecular weight excluding hydrogens is 176 g/mol. The number of rotatable bonds is 3. The standard InChI is InChI=1S/C7H8N2O2S/c1-5-2-3-8-7(9-5)12-4-6(10)11/h2-3H,4H2,1H3,(H,10,11)/p-1. The summed E-state index contributed by atoms with van der Waals surface area (Å²) in [7, 11) is 0. The van der Waals surface area contributed by atoms with Gasteiger partial charge in [-0.2, -0.15) is 0 Å². The first-order valence-electron chi connectivity index (χ1n) is 3.31. The van der Waals surface area contributed by atoms with Crippen LogP contribution in [-0.4, -0.2) is 21.7 Å². The summed E-state index contributed by atoms with van der Waals surface area (Å²) in [4.78, 5) is 17.9. The summed E-state index contributed by atoms with van der Waals surface area (Å²) in [5, 5.41) is 10.5. The zero-order valence-electron chi connectivity index (χ0n) is 6.48. The van der Waals surface area contributed by atoms with E-state index in [1.165, 1.54) is 0 Å². The molecule has 0 fully saturated rings. The second-order valence-corrected chi connectivity index (χ2v) is 3.08. The molecule has 0 atom stereocenters. The van der Waals surface area contributed by atoms with Crippen LogP contribution in [0.4, 0.5) is 0 Å². The molecule has 0 spiro atoms. The lowest BCUT2D eigenvalue weighted by Gasteiger charge is -2.00. The third-order valence-electron chi connectivity index (χ3n) is 1.09. The molecule has 0 unspecified atom stereocenters. The number of hydrogen-bond donors (Lipinski definition) is 0. The van der Waals surface area contributed by atoms with E-state index in [2.05, 4.69) is 9.97 Å². The molecule has 0 N–H and O–H groups in total. The van der Waals surface area contributed by atoms with Crippen LogP contribution in [0.5, 0.6) is 0 Å². The second kappa shape index (κ2) is 4.06. The van der Waals surface area contributed by atoms with Crippen molar-refractivity contribution in [2.75, 3.05) is 5.75 Å². The Morgan fingerprint density at radius 1 is 1.75 bits per heavy atom. The monoisotopic (exact) mass is 183 g/mol. The van der Waals surface area contributed by atoms with E-state index in [0.717, 1.165) is 17.5 Å². The molecule has 1 rings (SSSR count). The van der Waals surface area contributed by atoms with Gasteiger partial charge in [-0.1, -0.05) is 11.8 Å². The first-order chi connectivity index (χ1) is 5.68. The predicted molar refractivity (Wildman–Crippen MR) is 42.5 cm³/mol. The van der Waals surface area contributed by atoms with Gasteiger partial charge in [0, 0.05) is 17.6 Å². The molecule has 1 aromatic rings. The molecule has 0 aliphatic heterocycles. The van der Waals surface area contributed by atoms with Crippen molar-refractivity contribution < 1.29 is 9.90 Å². The number of nitrogens with zero attached hydrogens (tertiary/aromatic N) is 2. The molecule has 0 radical (unpaired) electrons. The Morgan fingerprint density at radius 2 is 2.50 bits per heavy atom. The largest absolute Gasteiger partial charge is 0.549 e. The molecule has 0 saturated carbocycles. The highest BCUT2D eigenvalue weighted by Crippen LogP contribution is 2.10. The third-order valence-corrected chi connectivity index (χ3v) is 1.93. The first kappa shape index (κ1) is 8.99. The Balaban J connectivity index is 2.57. The molecule has 5 heteroatoms. The van der Waals surface area contributed by atoms with Gasteiger partial charge in [0.1, 0.15) is 0 Å². The number of aliphatic carboxylic acids is 1. The van der Waals surface area contributed by atoms with Crippen LogP contribution in [-0.2, 0) is 4.79 Å². The highest BCUT2D eigenvalue weighted by Gasteiger charge is 1.96. The van der Waals surface area contributed by atoms with Gasteiger partial charge >= 0.3 is 0 Å². The van der Waals surface area contributed by atoms with Gasteiger partial charge in [0.05, 0.1) is 5.97 Å². The van der Waals surface area contributed by atoms with Crippen LogP contribution in [0.25, 0.3) is 0 Å². The van der Waals surface area contributed by atoms with Crippen molar-refractivity contribution >= 4 is 17.7 Å². The van der Waals surface area contributed by atoms with E-state index in [1.54, 1.807) is 12.3 Å². The number of carbonyl (C=O) groups excluding carboxylic acids is 1. The van der Waals surface area contributed by atoms with E-state index in [1.807, 2.05) is 6.92 Å². The van der Waals surface area contributed by atoms with Gasteiger partial charge in [0.15, 0.2) is 5.16 Å². The Hall–Kier alpha value is -1.10. The van der Waals surface area contributed by atoms with Crippen molar-refractivity contribution in [3.05, 3.63) is 18.0 Å². The lowest BCUT2D eigenvalue weighted by molar-refractivity contribution is -0.301. The zero-order valence-corrected chi connectivity index (χ0v) is 7.30. The predicted octanol–water partition coefficient (Wildman–Crippen LogP) is -0.373. The molecule has 0 aromatic carbocycles. The van der Waals surface area contributed by atoms with Crippen LogP contribution in [0.2, 0.25) is 0 Å². The van der Waals surface area contributed by atoms with Gasteiger partial charge in [-0.05, 0) is 13.0 Å². The lowest BCUT2D eigenvalue weighted by Crippen LogP contribution is -2.24. The maximum atomic E-state index is 10.1. The van der Waals surface area contributed by atoms with Crippen molar-refractivity contribution in [3.8, 4) is 0 Å². The van der Waals surface area contributed by atoms with Crippen LogP contribution < -0.4 is 5.11 Å². The van der Waals surface area contributed by atoms with E-state index in [9.17, 15) is 9.90 Å². The fraction of sp³-hybridized carbons (Fsp3) is 0.286. The Morgan fingerprint density at radius 3 is 3.08 bits per heavy atom. The normalized spacial score (nSPS) is 9.75. The van der Waals surface area contributed by atoms with Crippen molar-refractivity contribution in [1.82, 2.24) is 9.97 Å². The molecule has 0 bridgehead atoms. The summed E-state index contributed by atoms with van der Waals surface area (Å²) in [6, 6.07) is 1.75. The maximum absolute atomic E-state index is 10.1. The average molecular weight is 183 g/mol. The smallest absolute Gasteiger partial charge is 0.188 e. The van der Waals surface area contributed by atoms with Gasteiger partial charge < -0.3 is 9.90 Å². The van der Waals surface area contributed by atoms with Crippen LogP contribution in [0.3, 0.4) is 0 Å². The van der Waals surface area contributed by atoms with E-state index in [0.29, 0.717) is 5.16 Å². The average Bonchev–Trinajstić information content (AvgIpc) is 2.01. The van der Waals surface area contributed by atoms with Crippen molar-refractivity contribution in [2.45, 2.75) is 12.1 Å². The van der Waals surface area contributed by atoms with Crippen molar-refractivity contribution in [1.29, 1.82) is 0 Å². The summed E-state index contributed by atoms with van der Waals surface area (Å²) in [6.07, 6.45) is 1.60. The minimum absolute atomic E-state index is 0.108. The van der Waals surface area contributed by atoms with Crippen LogP contribution in [0.15, 0.2) is 17.4 Å². The number of carboxylic acids is 1. The molecule has 64 valence electrons. The molecular formula is C7H7N2O2S-. The Kier molecular flexibility index (Phi) is 3.04. The Bertz CT molecular complexity index is 290. The van der Waals surface area contributed by atoms with Crippen LogP contribution >= 0.6 is 11.8 Å². The molecule has 1 heterocycles. The second-order valence-electron chi connectivity index (χ2n) is 2.14. The van der Waals surface area contributed by atoms with Crippen molar-refractivity contribution in [2.24, 2.45) is 0 Å². The van der Waals surface area contributed by atoms with Gasteiger partial charge in [0.2, 0.25) is 0 Å². The number of aryl methyl sites for hydroxylation is 1. The molecule has 1 aromatic heterocycles. The van der Waals surface area contributed by atoms with Crippen LogP contribution in [0, 0.1) is 6.92 Å². The van der Waals surface area contributed by atoms with Gasteiger partial charge in [0.25, 0.3) is 0 Å². The zero-order chi connectivity index (χ0) is 8.97. The quantitative estimate of drug-likeness (QED) is 0.472. The van der Waals surface area contributed by atoms with E-state index in [-0.39, 0.29) is 5.75 Å². The van der Waals surface area contributed by atoms with E-state index in [4.69, 9.17) is 0 Å². The summed E-state index contributed by atoms with van der Waals surface area (Å²) in [5.41, 5.74) is 0.825. The highest BCUT2D eigenvalue weighted by molar-refractivity contribution is 7.99. The SMILES string of the molecule is Cc1ccnc(SCC(=O)[O-])n1. The minimum atomic E-state index is -1.11. The number of carboxylic acid groups (broad SMARTS) is 1. The first-order valence-corrected chi connectivity index (χ1v) is 4.29. The van der Waals surface area contributed by atoms with Gasteiger partial charge in [-0.25, -0.2) is 9.97 Å². The summed E-state index contributed by atoms with van der Waals surface area (Å²) >= 11 is 1.06. The minimum Gasteiger partial charge on any atom is -0.549 e. The molecule has 4 nitrogen and oxygen atoms in total. The van der Waals surface area contributed by atoms with Crippen molar-refractivity contribution in [3.63, 3.8) is 0 Å². The summed E-state index contributed by atoms with van der Waals surface area (Å²) < 4.78 is 0. The summed E-state index contributed by atoms with van der Waals surface area (Å²) in [6.45, 7) is 1.82. The van der Waals surface area contributed by atoms with Gasteiger partial charge in [-0.15, -0.1) is 0 Å². The number of hydrogen-bond acceptors (Lipinski definition) is 5. The topological polar surface area (TPSA) is 65.9 Å². The highest BCUT2D eigenvalue weighted by atomic mass is 32.2. The third kappa shape index (κ3) is 2.87. The van der Waals surface area contributed by atoms with E-state index >= 15 is 0 Å². The molecule has 0 amide bonds. The molecule has 0 saturated heterocycles. The number of thioether (sulfide) groups is 1. The lowest BCUT2D eigenvalue weighted by atomic mass is 10.5. The van der Waals surface area contributed by atoms with E-state index < -0.39 is 5.97 Å². The molecule has 0 aliphatic rings. The van der Waals surface area contributed by atoms with Gasteiger partial charge in [-0.3, -0.25) is 0 Å². The Labute approximate surface area is 74.0 Å². The molecule has 0 aliphatic carbocycles. The number of aromatic nitrogens is 2. The summed E-state index contributed by atoms with van der Waals surface area (Å²) in [5.74, 6) is -1.21. The fourth-order valence-electron chi connectivity index (χ4n) is 0.619.